The van der Waals surface area contributed by atoms with E-state index in [0.29, 0.717) is 6.42 Å². The number of carboxylic acid groups (broad SMARTS) is 1. The molecule has 0 unspecified atom stereocenters. The lowest BCUT2D eigenvalue weighted by molar-refractivity contribution is -0.136. The van der Waals surface area contributed by atoms with Crippen LogP contribution in [0.1, 0.15) is 23.5 Å². The fourth-order valence-corrected chi connectivity index (χ4v) is 2.06. The van der Waals surface area contributed by atoms with Crippen molar-refractivity contribution >= 4 is 17.3 Å². The number of nitrogens with zero attached hydrogens (tertiary/aromatic N) is 1. The summed E-state index contributed by atoms with van der Waals surface area (Å²) in [7, 11) is 1.68. The monoisotopic (exact) mass is 229 g/mol. The lowest BCUT2D eigenvalue weighted by atomic mass is 10.2. The van der Waals surface area contributed by atoms with Gasteiger partial charge < -0.3 is 9.84 Å². The van der Waals surface area contributed by atoms with Gasteiger partial charge in [-0.25, -0.2) is 4.98 Å². The number of aromatic nitrogens is 1. The molecule has 4 nitrogen and oxygen atoms in total. The fourth-order valence-electron chi connectivity index (χ4n) is 1.18. The molecule has 15 heavy (non-hydrogen) atoms. The minimum absolute atomic E-state index is 0.154. The van der Waals surface area contributed by atoms with Crippen LogP contribution in [0, 0.1) is 0 Å². The number of rotatable bonds is 7. The zero-order chi connectivity index (χ0) is 11.1. The summed E-state index contributed by atoms with van der Waals surface area (Å²) < 4.78 is 4.95. The summed E-state index contributed by atoms with van der Waals surface area (Å²) in [5, 5.41) is 11.5. The van der Waals surface area contributed by atoms with Crippen LogP contribution in [0.3, 0.4) is 0 Å². The van der Waals surface area contributed by atoms with Gasteiger partial charge in [0.1, 0.15) is 0 Å². The molecular formula is C10H15NO3S. The Labute approximate surface area is 92.9 Å². The van der Waals surface area contributed by atoms with E-state index < -0.39 is 5.97 Å². The Morgan fingerprint density at radius 1 is 1.60 bits per heavy atom. The molecule has 0 spiro atoms. The summed E-state index contributed by atoms with van der Waals surface area (Å²) in [4.78, 5) is 14.7. The average molecular weight is 229 g/mol. The van der Waals surface area contributed by atoms with E-state index in [1.54, 1.807) is 18.4 Å². The van der Waals surface area contributed by atoms with Gasteiger partial charge in [0.2, 0.25) is 0 Å². The summed E-state index contributed by atoms with van der Waals surface area (Å²) in [5.74, 6) is -0.774. The standard InChI is InChI=1S/C10H15NO3S/c1-14-6-2-3-9-11-8(7-15-9)4-5-10(12)13/h7H,2-6H2,1H3,(H,12,13). The third-order valence-corrected chi connectivity index (χ3v) is 2.89. The Bertz CT molecular complexity index is 311. The van der Waals surface area contributed by atoms with Crippen molar-refractivity contribution in [3.05, 3.63) is 16.1 Å². The van der Waals surface area contributed by atoms with E-state index in [9.17, 15) is 4.79 Å². The molecule has 1 rings (SSSR count). The average Bonchev–Trinajstić information content (AvgIpc) is 2.63. The number of hydrogen-bond acceptors (Lipinski definition) is 4. The molecule has 0 amide bonds. The number of ether oxygens (including phenoxy) is 1. The van der Waals surface area contributed by atoms with Crippen LogP contribution in [0.15, 0.2) is 5.38 Å². The zero-order valence-corrected chi connectivity index (χ0v) is 9.55. The fraction of sp³-hybridized carbons (Fsp3) is 0.600. The molecular weight excluding hydrogens is 214 g/mol. The van der Waals surface area contributed by atoms with E-state index in [2.05, 4.69) is 4.98 Å². The van der Waals surface area contributed by atoms with Crippen LogP contribution < -0.4 is 0 Å². The van der Waals surface area contributed by atoms with Crippen LogP contribution in [0.5, 0.6) is 0 Å². The summed E-state index contributed by atoms with van der Waals surface area (Å²) >= 11 is 1.59. The van der Waals surface area contributed by atoms with Crippen molar-refractivity contribution in [3.8, 4) is 0 Å². The van der Waals surface area contributed by atoms with Crippen LogP contribution in [0.25, 0.3) is 0 Å². The van der Waals surface area contributed by atoms with Gasteiger partial charge in [0.05, 0.1) is 17.1 Å². The van der Waals surface area contributed by atoms with Gasteiger partial charge in [-0.3, -0.25) is 4.79 Å². The zero-order valence-electron chi connectivity index (χ0n) is 8.73. The Kier molecular flexibility index (Phi) is 5.28. The molecule has 0 aliphatic heterocycles. The van der Waals surface area contributed by atoms with Crippen LogP contribution >= 0.6 is 11.3 Å². The SMILES string of the molecule is COCCCc1nc(CCC(=O)O)cs1. The van der Waals surface area contributed by atoms with E-state index in [1.807, 2.05) is 5.38 Å². The van der Waals surface area contributed by atoms with Gasteiger partial charge in [-0.1, -0.05) is 0 Å². The summed E-state index contributed by atoms with van der Waals surface area (Å²) in [6, 6.07) is 0. The lowest BCUT2D eigenvalue weighted by Crippen LogP contribution is -1.98. The molecule has 0 bridgehead atoms. The molecule has 0 aromatic carbocycles. The van der Waals surface area contributed by atoms with Crippen LogP contribution in [-0.4, -0.2) is 29.8 Å². The Morgan fingerprint density at radius 2 is 2.40 bits per heavy atom. The summed E-state index contributed by atoms with van der Waals surface area (Å²) in [6.07, 6.45) is 2.55. The molecule has 0 radical (unpaired) electrons. The number of carboxylic acids is 1. The topological polar surface area (TPSA) is 59.4 Å². The van der Waals surface area contributed by atoms with Gasteiger partial charge in [-0.2, -0.15) is 0 Å². The maximum absolute atomic E-state index is 10.3. The first-order chi connectivity index (χ1) is 7.22. The molecule has 1 aromatic heterocycles. The first-order valence-electron chi connectivity index (χ1n) is 4.86. The molecule has 0 saturated heterocycles. The Morgan fingerprint density at radius 3 is 3.07 bits per heavy atom. The number of hydrogen-bond donors (Lipinski definition) is 1. The lowest BCUT2D eigenvalue weighted by Gasteiger charge is -1.95. The van der Waals surface area contributed by atoms with E-state index in [-0.39, 0.29) is 6.42 Å². The molecule has 0 aliphatic carbocycles. The van der Waals surface area contributed by atoms with E-state index >= 15 is 0 Å². The highest BCUT2D eigenvalue weighted by atomic mass is 32.1. The van der Waals surface area contributed by atoms with Gasteiger partial charge in [0.25, 0.3) is 0 Å². The number of thiazole rings is 1. The summed E-state index contributed by atoms with van der Waals surface area (Å²) in [6.45, 7) is 0.740. The van der Waals surface area contributed by atoms with Crippen molar-refractivity contribution in [1.29, 1.82) is 0 Å². The highest BCUT2D eigenvalue weighted by Gasteiger charge is 2.04. The largest absolute Gasteiger partial charge is 0.481 e. The minimum atomic E-state index is -0.774. The van der Waals surface area contributed by atoms with Crippen LogP contribution in [0.4, 0.5) is 0 Å². The number of aliphatic carboxylic acids is 1. The molecule has 0 saturated carbocycles. The molecule has 0 atom stereocenters. The number of methoxy groups -OCH3 is 1. The minimum Gasteiger partial charge on any atom is -0.481 e. The smallest absolute Gasteiger partial charge is 0.303 e. The first-order valence-corrected chi connectivity index (χ1v) is 5.74. The van der Waals surface area contributed by atoms with Crippen LogP contribution in [0.2, 0.25) is 0 Å². The number of aryl methyl sites for hydroxylation is 2. The second-order valence-corrected chi connectivity index (χ2v) is 4.17. The van der Waals surface area contributed by atoms with Crippen molar-refractivity contribution in [2.24, 2.45) is 0 Å². The third-order valence-electron chi connectivity index (χ3n) is 1.93. The van der Waals surface area contributed by atoms with Crippen molar-refractivity contribution in [1.82, 2.24) is 4.98 Å². The predicted octanol–water partition coefficient (Wildman–Crippen LogP) is 1.74. The van der Waals surface area contributed by atoms with Crippen LogP contribution in [-0.2, 0) is 22.4 Å². The van der Waals surface area contributed by atoms with Crippen molar-refractivity contribution < 1.29 is 14.6 Å². The maximum atomic E-state index is 10.3. The normalized spacial score (nSPS) is 10.5. The van der Waals surface area contributed by atoms with Gasteiger partial charge in [-0.15, -0.1) is 11.3 Å². The van der Waals surface area contributed by atoms with E-state index in [1.165, 1.54) is 0 Å². The highest BCUT2D eigenvalue weighted by Crippen LogP contribution is 2.13. The molecule has 0 aliphatic rings. The summed E-state index contributed by atoms with van der Waals surface area (Å²) in [5.41, 5.74) is 0.884. The Balaban J connectivity index is 2.32. The predicted molar refractivity (Wildman–Crippen MR) is 58.3 cm³/mol. The van der Waals surface area contributed by atoms with Gasteiger partial charge in [0, 0.05) is 31.9 Å². The van der Waals surface area contributed by atoms with Gasteiger partial charge >= 0.3 is 5.97 Å². The second-order valence-electron chi connectivity index (χ2n) is 3.22. The quantitative estimate of drug-likeness (QED) is 0.723. The highest BCUT2D eigenvalue weighted by molar-refractivity contribution is 7.09. The first kappa shape index (κ1) is 12.1. The maximum Gasteiger partial charge on any atom is 0.303 e. The molecule has 1 aromatic rings. The van der Waals surface area contributed by atoms with E-state index in [4.69, 9.17) is 9.84 Å². The van der Waals surface area contributed by atoms with Crippen molar-refractivity contribution in [3.63, 3.8) is 0 Å². The molecule has 84 valence electrons. The molecule has 0 fully saturated rings. The molecule has 1 N–H and O–H groups in total. The van der Waals surface area contributed by atoms with Gasteiger partial charge in [0.15, 0.2) is 0 Å². The molecule has 5 heteroatoms. The Hall–Kier alpha value is -0.940. The second kappa shape index (κ2) is 6.53. The van der Waals surface area contributed by atoms with Gasteiger partial charge in [-0.05, 0) is 6.42 Å². The van der Waals surface area contributed by atoms with E-state index in [0.717, 1.165) is 30.2 Å². The van der Waals surface area contributed by atoms with Crippen molar-refractivity contribution in [2.45, 2.75) is 25.7 Å². The van der Waals surface area contributed by atoms with Crippen molar-refractivity contribution in [2.75, 3.05) is 13.7 Å². The third kappa shape index (κ3) is 4.90. The number of carbonyl (C=O) groups is 1. The molecule has 1 heterocycles.